The van der Waals surface area contributed by atoms with E-state index in [2.05, 4.69) is 5.32 Å². The summed E-state index contributed by atoms with van der Waals surface area (Å²) in [4.78, 5) is 24.3. The van der Waals surface area contributed by atoms with Crippen LogP contribution in [0.15, 0.2) is 53.4 Å². The van der Waals surface area contributed by atoms with Crippen LogP contribution in [0, 0.1) is 5.92 Å². The quantitative estimate of drug-likeness (QED) is 0.215. The topological polar surface area (TPSA) is 155 Å². The predicted octanol–water partition coefficient (Wildman–Crippen LogP) is 4.77. The van der Waals surface area contributed by atoms with Crippen molar-refractivity contribution in [2.24, 2.45) is 5.92 Å². The average molecular weight is 658 g/mol. The Morgan fingerprint density at radius 2 is 1.64 bits per heavy atom. The molecule has 12 nitrogen and oxygen atoms in total. The van der Waals surface area contributed by atoms with Crippen LogP contribution >= 0.6 is 7.60 Å². The molecule has 0 aromatic heterocycles. The van der Waals surface area contributed by atoms with Gasteiger partial charge in [-0.15, -0.1) is 0 Å². The largest absolute Gasteiger partial charge is 0.497 e. The fourth-order valence-electron chi connectivity index (χ4n) is 4.33. The standard InChI is InChI=1S/C30H48N3O9PS/c1-9-41-43(36,37)21-23-10-12-24(13-11-23)31-18-27(32(7)29(35)42-30(4,5)6)28(34)20-33(19-22(2)3)44(38,39)26-16-14-25(40-8)15-17-26/h10-17,22,27-28,31,34H,9,18-21H2,1-8H3,(H,36,37)/t27-,28+/m0/s1. The smallest absolute Gasteiger partial charge is 0.410 e. The van der Waals surface area contributed by atoms with Crippen molar-refractivity contribution in [3.8, 4) is 5.75 Å². The summed E-state index contributed by atoms with van der Waals surface area (Å²) >= 11 is 0. The van der Waals surface area contributed by atoms with E-state index >= 15 is 0 Å². The summed E-state index contributed by atoms with van der Waals surface area (Å²) < 4.78 is 56.3. The first-order valence-corrected chi connectivity index (χ1v) is 17.7. The highest BCUT2D eigenvalue weighted by molar-refractivity contribution is 7.89. The normalized spacial score (nSPS) is 15.0. The van der Waals surface area contributed by atoms with E-state index in [1.54, 1.807) is 64.1 Å². The van der Waals surface area contributed by atoms with Crippen molar-refractivity contribution in [2.45, 2.75) is 70.3 Å². The van der Waals surface area contributed by atoms with Crippen LogP contribution in [0.3, 0.4) is 0 Å². The maximum absolute atomic E-state index is 13.7. The number of aliphatic hydroxyl groups excluding tert-OH is 1. The minimum absolute atomic E-state index is 0.0474. The molecule has 1 unspecified atom stereocenters. The molecular weight excluding hydrogens is 609 g/mol. The number of rotatable bonds is 16. The van der Waals surface area contributed by atoms with Gasteiger partial charge in [-0.1, -0.05) is 26.0 Å². The third-order valence-electron chi connectivity index (χ3n) is 6.46. The summed E-state index contributed by atoms with van der Waals surface area (Å²) in [5.74, 6) is 0.461. The Kier molecular flexibility index (Phi) is 13.7. The lowest BCUT2D eigenvalue weighted by Gasteiger charge is -2.36. The molecule has 1 amide bonds. The molecule has 0 radical (unpaired) electrons. The van der Waals surface area contributed by atoms with Crippen LogP contribution in [-0.4, -0.2) is 91.9 Å². The summed E-state index contributed by atoms with van der Waals surface area (Å²) in [6.45, 7) is 10.6. The molecule has 14 heteroatoms. The molecule has 0 saturated heterocycles. The zero-order valence-corrected chi connectivity index (χ0v) is 28.6. The Morgan fingerprint density at radius 1 is 1.05 bits per heavy atom. The molecule has 0 spiro atoms. The van der Waals surface area contributed by atoms with Crippen molar-refractivity contribution in [1.82, 2.24) is 9.21 Å². The first-order chi connectivity index (χ1) is 20.4. The van der Waals surface area contributed by atoms with Gasteiger partial charge in [0.25, 0.3) is 0 Å². The second kappa shape index (κ2) is 16.1. The molecule has 0 fully saturated rings. The van der Waals surface area contributed by atoms with Gasteiger partial charge in [-0.05, 0) is 75.6 Å². The van der Waals surface area contributed by atoms with Gasteiger partial charge in [0.15, 0.2) is 0 Å². The number of ether oxygens (including phenoxy) is 2. The molecule has 2 aromatic rings. The molecule has 0 aliphatic carbocycles. The van der Waals surface area contributed by atoms with E-state index in [-0.39, 0.29) is 43.2 Å². The van der Waals surface area contributed by atoms with Gasteiger partial charge in [-0.2, -0.15) is 4.31 Å². The zero-order valence-electron chi connectivity index (χ0n) is 26.9. The Hall–Kier alpha value is -2.67. The number of carbonyl (C=O) groups excluding carboxylic acids is 1. The number of aliphatic hydroxyl groups is 1. The van der Waals surface area contributed by atoms with Gasteiger partial charge in [-0.3, -0.25) is 4.57 Å². The summed E-state index contributed by atoms with van der Waals surface area (Å²) in [6, 6.07) is 11.9. The SMILES string of the molecule is CCOP(=O)(O)Cc1ccc(NC[C@@H]([C@H](O)CN(CC(C)C)S(=O)(=O)c2ccc(OC)cc2)N(C)C(=O)OC(C)(C)C)cc1. The number of methoxy groups -OCH3 is 1. The Labute approximate surface area is 261 Å². The number of sulfonamides is 1. The van der Waals surface area contributed by atoms with E-state index in [0.717, 1.165) is 0 Å². The fourth-order valence-corrected chi connectivity index (χ4v) is 7.12. The first kappa shape index (κ1) is 37.5. The van der Waals surface area contributed by atoms with Crippen LogP contribution in [0.5, 0.6) is 5.75 Å². The van der Waals surface area contributed by atoms with Gasteiger partial charge >= 0.3 is 13.7 Å². The zero-order chi connectivity index (χ0) is 33.3. The van der Waals surface area contributed by atoms with Crippen LogP contribution < -0.4 is 10.1 Å². The molecule has 0 bridgehead atoms. The number of hydrogen-bond donors (Lipinski definition) is 3. The summed E-state index contributed by atoms with van der Waals surface area (Å²) in [6.07, 6.45) is -2.13. The molecule has 0 heterocycles. The van der Waals surface area contributed by atoms with E-state index in [4.69, 9.17) is 14.0 Å². The monoisotopic (exact) mass is 657 g/mol. The second-order valence-electron chi connectivity index (χ2n) is 11.9. The van der Waals surface area contributed by atoms with Crippen LogP contribution in [0.25, 0.3) is 0 Å². The minimum atomic E-state index is -4.01. The van der Waals surface area contributed by atoms with E-state index in [1.807, 2.05) is 13.8 Å². The highest BCUT2D eigenvalue weighted by Crippen LogP contribution is 2.45. The number of amides is 1. The van der Waals surface area contributed by atoms with Gasteiger partial charge in [0.05, 0.1) is 36.9 Å². The van der Waals surface area contributed by atoms with Crippen molar-refractivity contribution < 1.29 is 41.8 Å². The molecule has 2 rings (SSSR count). The Bertz CT molecular complexity index is 1350. The molecule has 0 aliphatic rings. The number of likely N-dealkylation sites (N-methyl/N-ethyl adjacent to an activating group) is 1. The van der Waals surface area contributed by atoms with E-state index in [1.165, 1.54) is 35.5 Å². The van der Waals surface area contributed by atoms with Gasteiger partial charge in [0.2, 0.25) is 10.0 Å². The molecule has 2 aromatic carbocycles. The van der Waals surface area contributed by atoms with Gasteiger partial charge in [0.1, 0.15) is 11.4 Å². The van der Waals surface area contributed by atoms with Crippen molar-refractivity contribution in [3.63, 3.8) is 0 Å². The summed E-state index contributed by atoms with van der Waals surface area (Å²) in [5.41, 5.74) is 0.432. The molecule has 44 heavy (non-hydrogen) atoms. The van der Waals surface area contributed by atoms with Crippen LogP contribution in [-0.2, 0) is 30.0 Å². The van der Waals surface area contributed by atoms with Gasteiger partial charge in [0, 0.05) is 32.4 Å². The Morgan fingerprint density at radius 3 is 2.14 bits per heavy atom. The number of nitrogens with one attached hydrogen (secondary N) is 1. The van der Waals surface area contributed by atoms with E-state index in [0.29, 0.717) is 17.0 Å². The van der Waals surface area contributed by atoms with Crippen molar-refractivity contribution in [2.75, 3.05) is 45.7 Å². The maximum atomic E-state index is 13.7. The third-order valence-corrected chi connectivity index (χ3v) is 9.73. The molecule has 0 aliphatic heterocycles. The van der Waals surface area contributed by atoms with Crippen LogP contribution in [0.1, 0.15) is 47.1 Å². The molecule has 248 valence electrons. The third kappa shape index (κ3) is 11.7. The predicted molar refractivity (Wildman–Crippen MR) is 170 cm³/mol. The number of anilines is 1. The summed E-state index contributed by atoms with van der Waals surface area (Å²) in [5, 5.41) is 14.7. The lowest BCUT2D eigenvalue weighted by atomic mass is 10.1. The van der Waals surface area contributed by atoms with Crippen molar-refractivity contribution in [1.29, 1.82) is 0 Å². The van der Waals surface area contributed by atoms with Gasteiger partial charge < -0.3 is 34.2 Å². The lowest BCUT2D eigenvalue weighted by molar-refractivity contribution is 0.00138. The minimum Gasteiger partial charge on any atom is -0.497 e. The number of carbonyl (C=O) groups is 1. The van der Waals surface area contributed by atoms with Gasteiger partial charge in [-0.25, -0.2) is 13.2 Å². The molecule has 0 saturated carbocycles. The van der Waals surface area contributed by atoms with Crippen molar-refractivity contribution in [3.05, 3.63) is 54.1 Å². The fraction of sp³-hybridized carbons (Fsp3) is 0.567. The van der Waals surface area contributed by atoms with E-state index < -0.39 is 41.5 Å². The lowest BCUT2D eigenvalue weighted by Crippen LogP contribution is -2.54. The molecule has 3 atom stereocenters. The van der Waals surface area contributed by atoms with Crippen molar-refractivity contribution >= 4 is 29.4 Å². The van der Waals surface area contributed by atoms with Crippen LogP contribution in [0.2, 0.25) is 0 Å². The maximum Gasteiger partial charge on any atom is 0.410 e. The van der Waals surface area contributed by atoms with Crippen LogP contribution in [0.4, 0.5) is 10.5 Å². The summed E-state index contributed by atoms with van der Waals surface area (Å²) in [7, 11) is -4.78. The molecule has 3 N–H and O–H groups in total. The first-order valence-electron chi connectivity index (χ1n) is 14.5. The highest BCUT2D eigenvalue weighted by atomic mass is 32.2. The van der Waals surface area contributed by atoms with E-state index in [9.17, 15) is 27.8 Å². The highest BCUT2D eigenvalue weighted by Gasteiger charge is 2.35. The number of benzene rings is 2. The number of hydrogen-bond acceptors (Lipinski definition) is 9. The molecular formula is C30H48N3O9PS. The second-order valence-corrected chi connectivity index (χ2v) is 15.7. The Balaban J connectivity index is 2.33. The average Bonchev–Trinajstić information content (AvgIpc) is 2.92. The number of nitrogens with zero attached hydrogens (tertiary/aromatic N) is 2.